The molecule has 1 aliphatic rings. The number of amides is 1. The number of aryl methyl sites for hydroxylation is 1. The van der Waals surface area contributed by atoms with Gasteiger partial charge in [0, 0.05) is 31.4 Å². The number of nitrogens with zero attached hydrogens (tertiary/aromatic N) is 4. The summed E-state index contributed by atoms with van der Waals surface area (Å²) in [5.74, 6) is 1.45. The van der Waals surface area contributed by atoms with Crippen molar-refractivity contribution in [2.24, 2.45) is 0 Å². The van der Waals surface area contributed by atoms with Crippen molar-refractivity contribution >= 4 is 17.4 Å². The zero-order chi connectivity index (χ0) is 17.6. The number of carbonyl (C=O) groups excluding carboxylic acids is 1. The number of para-hydroxylation sites is 1. The molecule has 0 atom stereocenters. The maximum atomic E-state index is 13.0. The van der Waals surface area contributed by atoms with Crippen LogP contribution in [0.2, 0.25) is 0 Å². The summed E-state index contributed by atoms with van der Waals surface area (Å²) >= 11 is 0. The van der Waals surface area contributed by atoms with Crippen LogP contribution in [0.1, 0.15) is 48.9 Å². The highest BCUT2D eigenvalue weighted by Gasteiger charge is 2.20. The van der Waals surface area contributed by atoms with E-state index in [1.54, 1.807) is 4.90 Å². The fraction of sp³-hybridized carbons (Fsp3) is 0.450. The van der Waals surface area contributed by atoms with Gasteiger partial charge in [-0.25, -0.2) is 9.97 Å². The summed E-state index contributed by atoms with van der Waals surface area (Å²) in [5, 5.41) is 0. The Morgan fingerprint density at radius 3 is 2.40 bits per heavy atom. The predicted molar refractivity (Wildman–Crippen MR) is 101 cm³/mol. The van der Waals surface area contributed by atoms with Crippen LogP contribution in [0, 0.1) is 6.92 Å². The number of carbonyl (C=O) groups is 1. The van der Waals surface area contributed by atoms with E-state index >= 15 is 0 Å². The van der Waals surface area contributed by atoms with E-state index < -0.39 is 0 Å². The molecular formula is C20H26N4O. The molecule has 0 radical (unpaired) electrons. The molecule has 1 aromatic heterocycles. The van der Waals surface area contributed by atoms with Crippen LogP contribution >= 0.6 is 0 Å². The Kier molecular flexibility index (Phi) is 5.64. The first-order chi connectivity index (χ1) is 12.2. The van der Waals surface area contributed by atoms with Gasteiger partial charge in [-0.15, -0.1) is 0 Å². The molecule has 5 heteroatoms. The predicted octanol–water partition coefficient (Wildman–Crippen LogP) is 3.83. The van der Waals surface area contributed by atoms with E-state index in [0.717, 1.165) is 24.6 Å². The van der Waals surface area contributed by atoms with Gasteiger partial charge in [-0.05, 0) is 38.8 Å². The van der Waals surface area contributed by atoms with Crippen molar-refractivity contribution < 1.29 is 4.79 Å². The maximum Gasteiger partial charge on any atom is 0.277 e. The number of hydrogen-bond acceptors (Lipinski definition) is 4. The van der Waals surface area contributed by atoms with E-state index in [-0.39, 0.29) is 5.91 Å². The summed E-state index contributed by atoms with van der Waals surface area (Å²) in [6.45, 7) is 6.44. The lowest BCUT2D eigenvalue weighted by atomic mass is 10.2. The minimum Gasteiger partial charge on any atom is -0.356 e. The monoisotopic (exact) mass is 338 g/mol. The number of rotatable bonds is 4. The van der Waals surface area contributed by atoms with Gasteiger partial charge in [0.2, 0.25) is 0 Å². The molecule has 1 amide bonds. The Morgan fingerprint density at radius 2 is 1.76 bits per heavy atom. The first-order valence-corrected chi connectivity index (χ1v) is 9.16. The quantitative estimate of drug-likeness (QED) is 0.850. The highest BCUT2D eigenvalue weighted by atomic mass is 16.2. The van der Waals surface area contributed by atoms with Crippen molar-refractivity contribution in [3.8, 4) is 0 Å². The molecule has 5 nitrogen and oxygen atoms in total. The molecule has 3 rings (SSSR count). The van der Waals surface area contributed by atoms with Crippen LogP contribution in [-0.2, 0) is 0 Å². The molecule has 1 aromatic carbocycles. The molecule has 0 N–H and O–H groups in total. The SMILES string of the molecule is CCN(C(=O)c1cc(N2CCCCCC2)nc(C)n1)c1ccccc1. The Bertz CT molecular complexity index is 709. The first-order valence-electron chi connectivity index (χ1n) is 9.16. The first kappa shape index (κ1) is 17.4. The Labute approximate surface area is 149 Å². The third-order valence-corrected chi connectivity index (χ3v) is 4.60. The second-order valence-electron chi connectivity index (χ2n) is 6.44. The Balaban J connectivity index is 1.89. The lowest BCUT2D eigenvalue weighted by Crippen LogP contribution is -2.32. The van der Waals surface area contributed by atoms with Crippen LogP contribution in [0.25, 0.3) is 0 Å². The van der Waals surface area contributed by atoms with Crippen molar-refractivity contribution in [3.63, 3.8) is 0 Å². The molecule has 25 heavy (non-hydrogen) atoms. The largest absolute Gasteiger partial charge is 0.356 e. The summed E-state index contributed by atoms with van der Waals surface area (Å²) in [7, 11) is 0. The van der Waals surface area contributed by atoms with E-state index in [2.05, 4.69) is 14.9 Å². The summed E-state index contributed by atoms with van der Waals surface area (Å²) in [4.78, 5) is 26.1. The Morgan fingerprint density at radius 1 is 1.08 bits per heavy atom. The van der Waals surface area contributed by atoms with Crippen LogP contribution in [0.15, 0.2) is 36.4 Å². The summed E-state index contributed by atoms with van der Waals surface area (Å²) in [6.07, 6.45) is 4.89. The molecule has 2 heterocycles. The van der Waals surface area contributed by atoms with Gasteiger partial charge in [0.25, 0.3) is 5.91 Å². The number of anilines is 2. The summed E-state index contributed by atoms with van der Waals surface area (Å²) in [5.41, 5.74) is 1.36. The molecular weight excluding hydrogens is 312 g/mol. The van der Waals surface area contributed by atoms with Crippen LogP contribution in [0.5, 0.6) is 0 Å². The average Bonchev–Trinajstić information content (AvgIpc) is 2.92. The van der Waals surface area contributed by atoms with E-state index in [4.69, 9.17) is 0 Å². The lowest BCUT2D eigenvalue weighted by molar-refractivity contribution is 0.0983. The van der Waals surface area contributed by atoms with Crippen LogP contribution in [-0.4, -0.2) is 35.5 Å². The Hall–Kier alpha value is -2.43. The zero-order valence-electron chi connectivity index (χ0n) is 15.1. The third-order valence-electron chi connectivity index (χ3n) is 4.60. The minimum atomic E-state index is -0.0738. The van der Waals surface area contributed by atoms with Crippen molar-refractivity contribution in [2.45, 2.75) is 39.5 Å². The van der Waals surface area contributed by atoms with Crippen molar-refractivity contribution in [3.05, 3.63) is 47.9 Å². The highest BCUT2D eigenvalue weighted by molar-refractivity contribution is 6.05. The van der Waals surface area contributed by atoms with E-state index in [9.17, 15) is 4.79 Å². The van der Waals surface area contributed by atoms with E-state index in [1.807, 2.05) is 50.2 Å². The summed E-state index contributed by atoms with van der Waals surface area (Å²) < 4.78 is 0. The second kappa shape index (κ2) is 8.10. The third kappa shape index (κ3) is 4.16. The van der Waals surface area contributed by atoms with Gasteiger partial charge >= 0.3 is 0 Å². The molecule has 2 aromatic rings. The van der Waals surface area contributed by atoms with Crippen molar-refractivity contribution in [1.29, 1.82) is 0 Å². The molecule has 0 aliphatic carbocycles. The van der Waals surface area contributed by atoms with Crippen molar-refractivity contribution in [2.75, 3.05) is 29.4 Å². The molecule has 1 aliphatic heterocycles. The van der Waals surface area contributed by atoms with E-state index in [0.29, 0.717) is 18.1 Å². The molecule has 132 valence electrons. The van der Waals surface area contributed by atoms with Crippen LogP contribution < -0.4 is 9.80 Å². The molecule has 1 fully saturated rings. The fourth-order valence-electron chi connectivity index (χ4n) is 3.31. The second-order valence-corrected chi connectivity index (χ2v) is 6.44. The zero-order valence-corrected chi connectivity index (χ0v) is 15.1. The summed E-state index contributed by atoms with van der Waals surface area (Å²) in [6, 6.07) is 11.6. The number of aromatic nitrogens is 2. The van der Waals surface area contributed by atoms with Gasteiger partial charge in [0.15, 0.2) is 0 Å². The topological polar surface area (TPSA) is 49.3 Å². The van der Waals surface area contributed by atoms with E-state index in [1.165, 1.54) is 25.7 Å². The van der Waals surface area contributed by atoms with Crippen molar-refractivity contribution in [1.82, 2.24) is 9.97 Å². The molecule has 1 saturated heterocycles. The van der Waals surface area contributed by atoms with Gasteiger partial charge in [0.1, 0.15) is 17.3 Å². The lowest BCUT2D eigenvalue weighted by Gasteiger charge is -2.24. The fourth-order valence-corrected chi connectivity index (χ4v) is 3.31. The van der Waals surface area contributed by atoms with Gasteiger partial charge < -0.3 is 9.80 Å². The molecule has 0 bridgehead atoms. The van der Waals surface area contributed by atoms with Crippen LogP contribution in [0.4, 0.5) is 11.5 Å². The van der Waals surface area contributed by atoms with Gasteiger partial charge in [-0.1, -0.05) is 31.0 Å². The molecule has 0 saturated carbocycles. The number of hydrogen-bond donors (Lipinski definition) is 0. The highest BCUT2D eigenvalue weighted by Crippen LogP contribution is 2.21. The van der Waals surface area contributed by atoms with Gasteiger partial charge in [-0.2, -0.15) is 0 Å². The van der Waals surface area contributed by atoms with Crippen LogP contribution in [0.3, 0.4) is 0 Å². The standard InChI is InChI=1S/C20H26N4O/c1-3-24(17-11-7-6-8-12-17)20(25)18-15-19(22-16(2)21-18)23-13-9-4-5-10-14-23/h6-8,11-12,15H,3-5,9-10,13-14H2,1-2H3. The number of benzene rings is 1. The maximum absolute atomic E-state index is 13.0. The molecule has 0 unspecified atom stereocenters. The minimum absolute atomic E-state index is 0.0738. The normalized spacial score (nSPS) is 14.9. The average molecular weight is 338 g/mol. The molecule has 0 spiro atoms. The van der Waals surface area contributed by atoms with Gasteiger partial charge in [-0.3, -0.25) is 4.79 Å². The van der Waals surface area contributed by atoms with Gasteiger partial charge in [0.05, 0.1) is 0 Å². The smallest absolute Gasteiger partial charge is 0.277 e.